The summed E-state index contributed by atoms with van der Waals surface area (Å²) in [7, 11) is 6.46. The van der Waals surface area contributed by atoms with E-state index in [1.807, 2.05) is 32.9 Å². The summed E-state index contributed by atoms with van der Waals surface area (Å²) in [5, 5.41) is 9.06. The van der Waals surface area contributed by atoms with Crippen molar-refractivity contribution >= 4 is 36.0 Å². The van der Waals surface area contributed by atoms with Gasteiger partial charge in [-0.15, -0.1) is 24.0 Å². The highest BCUT2D eigenvalue weighted by Crippen LogP contribution is 2.39. The monoisotopic (exact) mass is 538 g/mol. The number of amides is 1. The third kappa shape index (κ3) is 9.59. The minimum Gasteiger partial charge on any atom is -0.493 e. The summed E-state index contributed by atoms with van der Waals surface area (Å²) in [4.78, 5) is 15.8. The summed E-state index contributed by atoms with van der Waals surface area (Å²) in [6.07, 6.45) is 0.253. The molecule has 0 saturated carbocycles. The molecule has 1 amide bonds. The highest BCUT2D eigenvalue weighted by Gasteiger charge is 2.16. The van der Waals surface area contributed by atoms with E-state index < -0.39 is 11.7 Å². The molecule has 172 valence electrons. The second-order valence-electron chi connectivity index (χ2n) is 7.10. The van der Waals surface area contributed by atoms with Crippen molar-refractivity contribution in [3.05, 3.63) is 17.7 Å². The lowest BCUT2D eigenvalue weighted by Crippen LogP contribution is -2.43. The molecule has 9 nitrogen and oxygen atoms in total. The van der Waals surface area contributed by atoms with Crippen LogP contribution in [0.15, 0.2) is 17.1 Å². The first-order valence-corrected chi connectivity index (χ1v) is 9.45. The van der Waals surface area contributed by atoms with E-state index in [4.69, 9.17) is 18.9 Å². The Morgan fingerprint density at radius 2 is 1.53 bits per heavy atom. The molecule has 0 radical (unpaired) electrons. The van der Waals surface area contributed by atoms with Crippen molar-refractivity contribution in [3.8, 4) is 17.2 Å². The van der Waals surface area contributed by atoms with Crippen molar-refractivity contribution < 1.29 is 23.7 Å². The Labute approximate surface area is 196 Å². The number of alkyl carbamates (subject to hydrolysis) is 1. The molecule has 0 atom stereocenters. The van der Waals surface area contributed by atoms with Gasteiger partial charge in [-0.3, -0.25) is 4.99 Å². The molecule has 10 heteroatoms. The van der Waals surface area contributed by atoms with Gasteiger partial charge in [0, 0.05) is 32.2 Å². The summed E-state index contributed by atoms with van der Waals surface area (Å²) in [5.41, 5.74) is 0.472. The van der Waals surface area contributed by atoms with Crippen LogP contribution in [-0.4, -0.2) is 65.7 Å². The fourth-order valence-corrected chi connectivity index (χ4v) is 2.56. The fraction of sp³-hybridized carbons (Fsp3) is 0.600. The number of nitrogens with zero attached hydrogens (tertiary/aromatic N) is 1. The number of ether oxygens (including phenoxy) is 4. The lowest BCUT2D eigenvalue weighted by atomic mass is 10.1. The molecule has 0 aliphatic heterocycles. The average Bonchev–Trinajstić information content (AvgIpc) is 2.67. The Balaban J connectivity index is 0.00000841. The lowest BCUT2D eigenvalue weighted by molar-refractivity contribution is 0.0529. The molecule has 3 N–H and O–H groups in total. The zero-order chi connectivity index (χ0) is 21.9. The minimum absolute atomic E-state index is 0. The van der Waals surface area contributed by atoms with Gasteiger partial charge in [0.15, 0.2) is 17.5 Å². The Kier molecular flexibility index (Phi) is 13.0. The molecule has 0 aliphatic carbocycles. The van der Waals surface area contributed by atoms with Gasteiger partial charge in [0.05, 0.1) is 21.3 Å². The Morgan fingerprint density at radius 3 is 2.07 bits per heavy atom. The van der Waals surface area contributed by atoms with Gasteiger partial charge in [0.1, 0.15) is 5.60 Å². The number of rotatable bonds is 9. The number of benzene rings is 1. The number of hydrogen-bond acceptors (Lipinski definition) is 6. The molecule has 0 spiro atoms. The first kappa shape index (κ1) is 27.9. The molecular weight excluding hydrogens is 503 g/mol. The van der Waals surface area contributed by atoms with Gasteiger partial charge >= 0.3 is 6.09 Å². The molecule has 0 heterocycles. The molecular formula is C20H35IN4O5. The van der Waals surface area contributed by atoms with E-state index in [2.05, 4.69) is 20.9 Å². The fourth-order valence-electron chi connectivity index (χ4n) is 2.56. The third-order valence-electron chi connectivity index (χ3n) is 3.78. The molecule has 1 rings (SSSR count). The third-order valence-corrected chi connectivity index (χ3v) is 3.78. The number of halogens is 1. The van der Waals surface area contributed by atoms with Crippen LogP contribution in [-0.2, 0) is 11.2 Å². The largest absolute Gasteiger partial charge is 0.493 e. The molecule has 0 saturated heterocycles. The van der Waals surface area contributed by atoms with Crippen LogP contribution >= 0.6 is 24.0 Å². The van der Waals surface area contributed by atoms with Gasteiger partial charge in [-0.2, -0.15) is 0 Å². The van der Waals surface area contributed by atoms with Crippen molar-refractivity contribution in [2.75, 3.05) is 48.0 Å². The van der Waals surface area contributed by atoms with Gasteiger partial charge in [-0.05, 0) is 33.3 Å². The average molecular weight is 538 g/mol. The Morgan fingerprint density at radius 1 is 0.933 bits per heavy atom. The quantitative estimate of drug-likeness (QED) is 0.192. The number of hydrogen-bond donors (Lipinski definition) is 3. The van der Waals surface area contributed by atoms with Crippen LogP contribution in [0.1, 0.15) is 26.3 Å². The number of aliphatic imine (C=N–C) groups is 1. The van der Waals surface area contributed by atoms with Crippen LogP contribution in [0.4, 0.5) is 4.79 Å². The highest BCUT2D eigenvalue weighted by molar-refractivity contribution is 14.0. The molecule has 0 aliphatic rings. The number of carbonyl (C=O) groups excluding carboxylic acids is 1. The molecule has 0 fully saturated rings. The molecule has 1 aromatic carbocycles. The van der Waals surface area contributed by atoms with E-state index in [0.717, 1.165) is 5.56 Å². The summed E-state index contributed by atoms with van der Waals surface area (Å²) in [6, 6.07) is 3.80. The van der Waals surface area contributed by atoms with Crippen molar-refractivity contribution in [2.45, 2.75) is 32.8 Å². The van der Waals surface area contributed by atoms with Gasteiger partial charge in [0.2, 0.25) is 5.75 Å². The van der Waals surface area contributed by atoms with Crippen LogP contribution in [0.5, 0.6) is 17.2 Å². The summed E-state index contributed by atoms with van der Waals surface area (Å²) >= 11 is 0. The zero-order valence-electron chi connectivity index (χ0n) is 18.9. The molecule has 0 bridgehead atoms. The van der Waals surface area contributed by atoms with Crippen molar-refractivity contribution in [1.82, 2.24) is 16.0 Å². The summed E-state index contributed by atoms with van der Waals surface area (Å²) < 4.78 is 21.4. The predicted octanol–water partition coefficient (Wildman–Crippen LogP) is 2.56. The maximum absolute atomic E-state index is 11.6. The second-order valence-corrected chi connectivity index (χ2v) is 7.10. The standard InChI is InChI=1S/C20H34N4O5.HI/c1-20(2,3)29-19(25)24-13-12-23-18(21-4)22-11-10-14-8-9-15(26-5)17(28-7)16(14)27-6;/h8-9H,10-13H2,1-7H3,(H,24,25)(H2,21,22,23);1H. The predicted molar refractivity (Wildman–Crippen MR) is 129 cm³/mol. The van der Waals surface area contributed by atoms with Gasteiger partial charge in [-0.25, -0.2) is 4.79 Å². The van der Waals surface area contributed by atoms with E-state index in [9.17, 15) is 4.79 Å². The first-order valence-electron chi connectivity index (χ1n) is 9.45. The zero-order valence-corrected chi connectivity index (χ0v) is 21.2. The van der Waals surface area contributed by atoms with Crippen molar-refractivity contribution in [2.24, 2.45) is 4.99 Å². The number of guanidine groups is 1. The van der Waals surface area contributed by atoms with E-state index in [-0.39, 0.29) is 24.0 Å². The maximum Gasteiger partial charge on any atom is 0.407 e. The molecule has 30 heavy (non-hydrogen) atoms. The smallest absolute Gasteiger partial charge is 0.407 e. The first-order chi connectivity index (χ1) is 13.8. The SMILES string of the molecule is CN=C(NCCNC(=O)OC(C)(C)C)NCCc1ccc(OC)c(OC)c1OC.I. The normalized spacial score (nSPS) is 11.1. The highest BCUT2D eigenvalue weighted by atomic mass is 127. The van der Waals surface area contributed by atoms with Gasteiger partial charge in [-0.1, -0.05) is 6.07 Å². The maximum atomic E-state index is 11.6. The van der Waals surface area contributed by atoms with E-state index >= 15 is 0 Å². The molecule has 0 unspecified atom stereocenters. The second kappa shape index (κ2) is 14.0. The lowest BCUT2D eigenvalue weighted by Gasteiger charge is -2.20. The van der Waals surface area contributed by atoms with Crippen LogP contribution in [0.25, 0.3) is 0 Å². The van der Waals surface area contributed by atoms with Crippen LogP contribution in [0.2, 0.25) is 0 Å². The Hall–Kier alpha value is -2.11. The van der Waals surface area contributed by atoms with E-state index in [1.165, 1.54) is 0 Å². The van der Waals surface area contributed by atoms with Crippen LogP contribution < -0.4 is 30.2 Å². The summed E-state index contributed by atoms with van der Waals surface area (Å²) in [5.74, 6) is 2.48. The summed E-state index contributed by atoms with van der Waals surface area (Å²) in [6.45, 7) is 7.03. The number of methoxy groups -OCH3 is 3. The Bertz CT molecular complexity index is 693. The van der Waals surface area contributed by atoms with E-state index in [0.29, 0.717) is 49.3 Å². The van der Waals surface area contributed by atoms with E-state index in [1.54, 1.807) is 28.4 Å². The van der Waals surface area contributed by atoms with Gasteiger partial charge < -0.3 is 34.9 Å². The number of nitrogens with one attached hydrogen (secondary N) is 3. The van der Waals surface area contributed by atoms with Gasteiger partial charge in [0.25, 0.3) is 0 Å². The van der Waals surface area contributed by atoms with Crippen LogP contribution in [0.3, 0.4) is 0 Å². The van der Waals surface area contributed by atoms with Crippen molar-refractivity contribution in [1.29, 1.82) is 0 Å². The van der Waals surface area contributed by atoms with Crippen LogP contribution in [0, 0.1) is 0 Å². The minimum atomic E-state index is -0.514. The van der Waals surface area contributed by atoms with Crippen molar-refractivity contribution in [3.63, 3.8) is 0 Å². The molecule has 1 aromatic rings. The molecule has 0 aromatic heterocycles. The number of carbonyl (C=O) groups is 1. The topological polar surface area (TPSA) is 102 Å².